The zero-order valence-corrected chi connectivity index (χ0v) is 18.4. The third-order valence-corrected chi connectivity index (χ3v) is 5.24. The van der Waals surface area contributed by atoms with Gasteiger partial charge >= 0.3 is 0 Å². The second-order valence-corrected chi connectivity index (χ2v) is 7.70. The van der Waals surface area contributed by atoms with Crippen LogP contribution in [-0.4, -0.2) is 43.5 Å². The zero-order chi connectivity index (χ0) is 22.7. The van der Waals surface area contributed by atoms with Gasteiger partial charge in [0, 0.05) is 31.4 Å². The molecular formula is C26H27N3O4. The van der Waals surface area contributed by atoms with Gasteiger partial charge in [0.05, 0.1) is 13.2 Å². The van der Waals surface area contributed by atoms with E-state index < -0.39 is 0 Å². The molecule has 0 radical (unpaired) electrons. The average molecular weight is 446 g/mol. The van der Waals surface area contributed by atoms with Crippen LogP contribution in [0.5, 0.6) is 5.88 Å². The van der Waals surface area contributed by atoms with Gasteiger partial charge < -0.3 is 19.6 Å². The van der Waals surface area contributed by atoms with E-state index in [0.29, 0.717) is 38.7 Å². The van der Waals surface area contributed by atoms with Crippen molar-refractivity contribution < 1.29 is 19.1 Å². The van der Waals surface area contributed by atoms with E-state index >= 15 is 0 Å². The molecule has 33 heavy (non-hydrogen) atoms. The topological polar surface area (TPSA) is 82.0 Å². The summed E-state index contributed by atoms with van der Waals surface area (Å²) in [4.78, 5) is 21.6. The lowest BCUT2D eigenvalue weighted by Crippen LogP contribution is -2.31. The molecule has 170 valence electrons. The molecule has 0 aliphatic carbocycles. The first kappa shape index (κ1) is 22.5. The van der Waals surface area contributed by atoms with Crippen molar-refractivity contribution in [2.24, 2.45) is 5.16 Å². The highest BCUT2D eigenvalue weighted by atomic mass is 16.6. The van der Waals surface area contributed by atoms with Crippen LogP contribution < -0.4 is 10.1 Å². The molecule has 7 heteroatoms. The molecular weight excluding hydrogens is 418 g/mol. The number of nitrogens with one attached hydrogen (secondary N) is 1. The SMILES string of the molecule is O=C(COc1ccc(CC=NOCc2ccc3ccccc3c2)cn1)NCC1=CCOCC1. The Morgan fingerprint density at radius 1 is 1.12 bits per heavy atom. The quantitative estimate of drug-likeness (QED) is 0.291. The van der Waals surface area contributed by atoms with Crippen LogP contribution in [0.4, 0.5) is 0 Å². The Hall–Kier alpha value is -3.71. The Kier molecular flexibility index (Phi) is 8.03. The van der Waals surface area contributed by atoms with Crippen LogP contribution in [0, 0.1) is 0 Å². The fraction of sp³-hybridized carbons (Fsp3) is 0.269. The summed E-state index contributed by atoms with van der Waals surface area (Å²) in [6.45, 7) is 2.19. The number of carbonyl (C=O) groups is 1. The largest absolute Gasteiger partial charge is 0.468 e. The van der Waals surface area contributed by atoms with Gasteiger partial charge in [0.25, 0.3) is 5.91 Å². The first-order chi connectivity index (χ1) is 16.3. The molecule has 2 heterocycles. The third kappa shape index (κ3) is 7.15. The van der Waals surface area contributed by atoms with Gasteiger partial charge in [-0.15, -0.1) is 0 Å². The minimum Gasteiger partial charge on any atom is -0.468 e. The van der Waals surface area contributed by atoms with Crippen molar-refractivity contribution in [2.75, 3.05) is 26.4 Å². The summed E-state index contributed by atoms with van der Waals surface area (Å²) >= 11 is 0. The minimum atomic E-state index is -0.177. The van der Waals surface area contributed by atoms with Crippen LogP contribution >= 0.6 is 0 Å². The number of pyridine rings is 1. The molecule has 0 atom stereocenters. The van der Waals surface area contributed by atoms with Crippen molar-refractivity contribution in [3.8, 4) is 5.88 Å². The number of fused-ring (bicyclic) bond motifs is 1. The lowest BCUT2D eigenvalue weighted by atomic mass is 10.1. The molecule has 0 bridgehead atoms. The molecule has 1 aliphatic rings. The number of ether oxygens (including phenoxy) is 2. The van der Waals surface area contributed by atoms with Crippen molar-refractivity contribution >= 4 is 22.9 Å². The predicted octanol–water partition coefficient (Wildman–Crippen LogP) is 3.82. The van der Waals surface area contributed by atoms with Crippen molar-refractivity contribution in [3.63, 3.8) is 0 Å². The molecule has 1 N–H and O–H groups in total. The summed E-state index contributed by atoms with van der Waals surface area (Å²) in [6, 6.07) is 18.1. The molecule has 0 fully saturated rings. The van der Waals surface area contributed by atoms with E-state index in [1.54, 1.807) is 18.5 Å². The smallest absolute Gasteiger partial charge is 0.258 e. The monoisotopic (exact) mass is 445 g/mol. The number of oxime groups is 1. The Labute approximate surface area is 193 Å². The number of hydrogen-bond acceptors (Lipinski definition) is 6. The average Bonchev–Trinajstić information content (AvgIpc) is 2.87. The van der Waals surface area contributed by atoms with Gasteiger partial charge in [-0.05, 0) is 34.4 Å². The number of nitrogens with zero attached hydrogens (tertiary/aromatic N) is 2. The Balaban J connectivity index is 1.15. The van der Waals surface area contributed by atoms with E-state index in [9.17, 15) is 4.79 Å². The number of amides is 1. The van der Waals surface area contributed by atoms with Crippen LogP contribution in [0.3, 0.4) is 0 Å². The van der Waals surface area contributed by atoms with Gasteiger partial charge in [0.15, 0.2) is 6.61 Å². The third-order valence-electron chi connectivity index (χ3n) is 5.24. The Morgan fingerprint density at radius 2 is 2.00 bits per heavy atom. The number of benzene rings is 2. The molecule has 2 aromatic carbocycles. The maximum Gasteiger partial charge on any atom is 0.258 e. The zero-order valence-electron chi connectivity index (χ0n) is 18.4. The molecule has 0 saturated carbocycles. The fourth-order valence-corrected chi connectivity index (χ4v) is 3.38. The van der Waals surface area contributed by atoms with Gasteiger partial charge in [-0.25, -0.2) is 4.98 Å². The molecule has 1 aromatic heterocycles. The van der Waals surface area contributed by atoms with E-state index in [1.807, 2.05) is 30.3 Å². The highest BCUT2D eigenvalue weighted by Crippen LogP contribution is 2.16. The lowest BCUT2D eigenvalue weighted by Gasteiger charge is -2.14. The number of carbonyl (C=O) groups excluding carboxylic acids is 1. The second-order valence-electron chi connectivity index (χ2n) is 7.70. The van der Waals surface area contributed by atoms with Crippen molar-refractivity contribution in [3.05, 3.63) is 83.6 Å². The van der Waals surface area contributed by atoms with Gasteiger partial charge in [-0.3, -0.25) is 4.79 Å². The van der Waals surface area contributed by atoms with Gasteiger partial charge in [0.1, 0.15) is 6.61 Å². The van der Waals surface area contributed by atoms with E-state index in [0.717, 1.165) is 17.5 Å². The second kappa shape index (κ2) is 11.8. The standard InChI is InChI=1S/C26H27N3O4/c30-25(27-16-21-10-13-31-14-11-21)19-32-26-8-6-20(17-28-26)9-12-29-33-18-22-5-7-23-3-1-2-4-24(23)15-22/h1-8,10,12,15,17H,9,11,13-14,16,18-19H2,(H,27,30). The molecule has 0 unspecified atom stereocenters. The molecule has 7 nitrogen and oxygen atoms in total. The van der Waals surface area contributed by atoms with Crippen LogP contribution in [0.2, 0.25) is 0 Å². The predicted molar refractivity (Wildman–Crippen MR) is 127 cm³/mol. The summed E-state index contributed by atoms with van der Waals surface area (Å²) in [5, 5.41) is 9.27. The minimum absolute atomic E-state index is 0.0692. The Morgan fingerprint density at radius 3 is 2.82 bits per heavy atom. The molecule has 0 saturated heterocycles. The van der Waals surface area contributed by atoms with Gasteiger partial charge in [0.2, 0.25) is 5.88 Å². The highest BCUT2D eigenvalue weighted by molar-refractivity contribution is 5.83. The van der Waals surface area contributed by atoms with Crippen LogP contribution in [0.1, 0.15) is 17.5 Å². The summed E-state index contributed by atoms with van der Waals surface area (Å²) < 4.78 is 10.7. The number of hydrogen-bond donors (Lipinski definition) is 1. The maximum atomic E-state index is 11.9. The molecule has 1 aliphatic heterocycles. The summed E-state index contributed by atoms with van der Waals surface area (Å²) in [5.41, 5.74) is 3.22. The normalized spacial score (nSPS) is 13.6. The van der Waals surface area contributed by atoms with Crippen LogP contribution in [-0.2, 0) is 27.4 Å². The Bertz CT molecular complexity index is 1130. The van der Waals surface area contributed by atoms with E-state index in [-0.39, 0.29) is 12.5 Å². The summed E-state index contributed by atoms with van der Waals surface area (Å²) in [7, 11) is 0. The van der Waals surface area contributed by atoms with Crippen molar-refractivity contribution in [2.45, 2.75) is 19.4 Å². The first-order valence-corrected chi connectivity index (χ1v) is 11.0. The number of aromatic nitrogens is 1. The van der Waals surface area contributed by atoms with Crippen LogP contribution in [0.15, 0.2) is 77.6 Å². The lowest BCUT2D eigenvalue weighted by molar-refractivity contribution is -0.123. The van der Waals surface area contributed by atoms with Gasteiger partial charge in [-0.2, -0.15) is 0 Å². The molecule has 3 aromatic rings. The van der Waals surface area contributed by atoms with E-state index in [4.69, 9.17) is 14.3 Å². The molecule has 4 rings (SSSR count). The van der Waals surface area contributed by atoms with E-state index in [2.05, 4.69) is 39.7 Å². The highest BCUT2D eigenvalue weighted by Gasteiger charge is 2.07. The first-order valence-electron chi connectivity index (χ1n) is 11.0. The number of rotatable bonds is 10. The van der Waals surface area contributed by atoms with Crippen LogP contribution in [0.25, 0.3) is 10.8 Å². The molecule has 0 spiro atoms. The molecule has 1 amide bonds. The summed E-state index contributed by atoms with van der Waals surface area (Å²) in [6.07, 6.45) is 6.85. The van der Waals surface area contributed by atoms with Gasteiger partial charge in [-0.1, -0.05) is 59.3 Å². The van der Waals surface area contributed by atoms with E-state index in [1.165, 1.54) is 16.3 Å². The summed E-state index contributed by atoms with van der Waals surface area (Å²) in [5.74, 6) is 0.229. The van der Waals surface area contributed by atoms with Crippen molar-refractivity contribution in [1.29, 1.82) is 0 Å². The van der Waals surface area contributed by atoms with Crippen molar-refractivity contribution in [1.82, 2.24) is 10.3 Å². The maximum absolute atomic E-state index is 11.9. The fourth-order valence-electron chi connectivity index (χ4n) is 3.38.